The van der Waals surface area contributed by atoms with Crippen LogP contribution in [-0.2, 0) is 24.2 Å². The molecule has 0 saturated carbocycles. The summed E-state index contributed by atoms with van der Waals surface area (Å²) in [4.78, 5) is 23.7. The van der Waals surface area contributed by atoms with E-state index in [0.717, 1.165) is 0 Å². The Labute approximate surface area is 156 Å². The van der Waals surface area contributed by atoms with Gasteiger partial charge in [-0.25, -0.2) is 8.42 Å². The molecule has 10 heteroatoms. The van der Waals surface area contributed by atoms with Crippen LogP contribution < -0.4 is 14.8 Å². The average molecular weight is 406 g/mol. The summed E-state index contributed by atoms with van der Waals surface area (Å²) in [5.41, 5.74) is 0.307. The second kappa shape index (κ2) is 8.59. The third kappa shape index (κ3) is 5.50. The molecule has 26 heavy (non-hydrogen) atoms. The van der Waals surface area contributed by atoms with Crippen LogP contribution >= 0.6 is 11.6 Å². The van der Waals surface area contributed by atoms with Crippen molar-refractivity contribution >= 4 is 39.0 Å². The lowest BCUT2D eigenvalue weighted by Gasteiger charge is -2.13. The fourth-order valence-corrected chi connectivity index (χ4v) is 4.72. The second-order valence-electron chi connectivity index (χ2n) is 5.87. The van der Waals surface area contributed by atoms with Crippen LogP contribution in [0.3, 0.4) is 0 Å². The van der Waals surface area contributed by atoms with E-state index in [-0.39, 0.29) is 28.9 Å². The lowest BCUT2D eigenvalue weighted by molar-refractivity contribution is -0.148. The van der Waals surface area contributed by atoms with E-state index in [1.807, 2.05) is 0 Å². The predicted molar refractivity (Wildman–Crippen MR) is 95.5 cm³/mol. The van der Waals surface area contributed by atoms with Crippen LogP contribution in [0.5, 0.6) is 11.5 Å². The Kier molecular flexibility index (Phi) is 6.71. The number of sulfone groups is 1. The summed E-state index contributed by atoms with van der Waals surface area (Å²) >= 11 is 6.02. The molecule has 1 amide bonds. The molecule has 1 atom stereocenters. The minimum atomic E-state index is -3.05. The number of hydrogen-bond donors (Lipinski definition) is 1. The van der Waals surface area contributed by atoms with Crippen LogP contribution in [0.4, 0.5) is 5.69 Å². The molecule has 0 aliphatic carbocycles. The van der Waals surface area contributed by atoms with Crippen molar-refractivity contribution in [2.24, 2.45) is 5.92 Å². The SMILES string of the molecule is COc1cc(OC)c(NC(=O)COC(=O)C[C@H]2CCS(=O)(=O)C2)cc1Cl. The lowest BCUT2D eigenvalue weighted by Crippen LogP contribution is -2.22. The maximum atomic E-state index is 12.0. The number of halogens is 1. The molecule has 1 aromatic rings. The number of esters is 1. The highest BCUT2D eigenvalue weighted by molar-refractivity contribution is 7.91. The maximum absolute atomic E-state index is 12.0. The fraction of sp³-hybridized carbons (Fsp3) is 0.500. The van der Waals surface area contributed by atoms with Gasteiger partial charge in [0.05, 0.1) is 36.4 Å². The quantitative estimate of drug-likeness (QED) is 0.687. The van der Waals surface area contributed by atoms with Crippen molar-refractivity contribution in [1.82, 2.24) is 0 Å². The number of amides is 1. The summed E-state index contributed by atoms with van der Waals surface area (Å²) in [6.45, 7) is -0.495. The van der Waals surface area contributed by atoms with Crippen molar-refractivity contribution in [3.8, 4) is 11.5 Å². The monoisotopic (exact) mass is 405 g/mol. The van der Waals surface area contributed by atoms with Gasteiger partial charge in [0, 0.05) is 12.5 Å². The summed E-state index contributed by atoms with van der Waals surface area (Å²) < 4.78 is 37.9. The first-order valence-electron chi connectivity index (χ1n) is 7.81. The minimum absolute atomic E-state index is 0.0180. The van der Waals surface area contributed by atoms with E-state index in [0.29, 0.717) is 23.6 Å². The van der Waals surface area contributed by atoms with Crippen molar-refractivity contribution < 1.29 is 32.2 Å². The molecule has 8 nitrogen and oxygen atoms in total. The first-order chi connectivity index (χ1) is 12.2. The number of hydrogen-bond acceptors (Lipinski definition) is 7. The molecule has 0 aromatic heterocycles. The van der Waals surface area contributed by atoms with E-state index < -0.39 is 28.3 Å². The smallest absolute Gasteiger partial charge is 0.306 e. The topological polar surface area (TPSA) is 108 Å². The maximum Gasteiger partial charge on any atom is 0.306 e. The van der Waals surface area contributed by atoms with Gasteiger partial charge in [-0.2, -0.15) is 0 Å². The third-order valence-corrected chi connectivity index (χ3v) is 6.03. The van der Waals surface area contributed by atoms with Crippen molar-refractivity contribution in [2.75, 3.05) is 37.6 Å². The van der Waals surface area contributed by atoms with Crippen LogP contribution in [0, 0.1) is 5.92 Å². The van der Waals surface area contributed by atoms with Crippen LogP contribution in [0.25, 0.3) is 0 Å². The van der Waals surface area contributed by atoms with Gasteiger partial charge in [0.25, 0.3) is 5.91 Å². The summed E-state index contributed by atoms with van der Waals surface area (Å²) in [5, 5.41) is 2.82. The van der Waals surface area contributed by atoms with Crippen molar-refractivity contribution in [3.63, 3.8) is 0 Å². The molecule has 0 bridgehead atoms. The second-order valence-corrected chi connectivity index (χ2v) is 8.51. The highest BCUT2D eigenvalue weighted by Crippen LogP contribution is 2.35. The van der Waals surface area contributed by atoms with Crippen molar-refractivity contribution in [1.29, 1.82) is 0 Å². The number of anilines is 1. The molecule has 1 heterocycles. The van der Waals surface area contributed by atoms with Crippen LogP contribution in [-0.4, -0.2) is 52.6 Å². The molecule has 1 aromatic carbocycles. The van der Waals surface area contributed by atoms with E-state index in [1.54, 1.807) is 0 Å². The zero-order valence-corrected chi connectivity index (χ0v) is 16.0. The first-order valence-corrected chi connectivity index (χ1v) is 10.0. The summed E-state index contributed by atoms with van der Waals surface area (Å²) in [6.07, 6.45) is 0.412. The number of benzene rings is 1. The highest BCUT2D eigenvalue weighted by atomic mass is 35.5. The number of rotatable bonds is 7. The highest BCUT2D eigenvalue weighted by Gasteiger charge is 2.30. The Bertz CT molecular complexity index is 794. The number of carbonyl (C=O) groups is 2. The molecule has 1 fully saturated rings. The molecule has 1 aliphatic heterocycles. The Morgan fingerprint density at radius 2 is 1.92 bits per heavy atom. The van der Waals surface area contributed by atoms with E-state index in [2.05, 4.69) is 5.32 Å². The molecule has 144 valence electrons. The molecule has 1 saturated heterocycles. The third-order valence-electron chi connectivity index (χ3n) is 3.89. The van der Waals surface area contributed by atoms with E-state index >= 15 is 0 Å². The van der Waals surface area contributed by atoms with Crippen LogP contribution in [0.2, 0.25) is 5.02 Å². The molecule has 1 aliphatic rings. The molecule has 2 rings (SSSR count). The zero-order valence-electron chi connectivity index (χ0n) is 14.4. The standard InChI is InChI=1S/C16H20ClNO7S/c1-23-13-7-14(24-2)12(6-11(13)17)18-15(19)8-25-16(20)5-10-3-4-26(21,22)9-10/h6-7,10H,3-5,8-9H2,1-2H3,(H,18,19)/t10-/m1/s1. The lowest BCUT2D eigenvalue weighted by atomic mass is 10.1. The molecular formula is C16H20ClNO7S. The van der Waals surface area contributed by atoms with Crippen molar-refractivity contribution in [2.45, 2.75) is 12.8 Å². The van der Waals surface area contributed by atoms with E-state index in [1.165, 1.54) is 26.4 Å². The van der Waals surface area contributed by atoms with Crippen LogP contribution in [0.1, 0.15) is 12.8 Å². The summed E-state index contributed by atoms with van der Waals surface area (Å²) in [6, 6.07) is 2.98. The average Bonchev–Trinajstić information content (AvgIpc) is 2.91. The van der Waals surface area contributed by atoms with Gasteiger partial charge in [-0.15, -0.1) is 0 Å². The number of nitrogens with one attached hydrogen (secondary N) is 1. The zero-order chi connectivity index (χ0) is 19.3. The van der Waals surface area contributed by atoms with Gasteiger partial charge in [-0.05, 0) is 18.4 Å². The number of carbonyl (C=O) groups excluding carboxylic acids is 2. The van der Waals surface area contributed by atoms with Gasteiger partial charge in [-0.1, -0.05) is 11.6 Å². The molecule has 0 spiro atoms. The van der Waals surface area contributed by atoms with Gasteiger partial charge in [-0.3, -0.25) is 9.59 Å². The Morgan fingerprint density at radius 1 is 1.23 bits per heavy atom. The largest absolute Gasteiger partial charge is 0.495 e. The predicted octanol–water partition coefficient (Wildman–Crippen LogP) is 1.66. The normalized spacial score (nSPS) is 18.2. The van der Waals surface area contributed by atoms with E-state index in [4.69, 9.17) is 25.8 Å². The van der Waals surface area contributed by atoms with Gasteiger partial charge in [0.1, 0.15) is 11.5 Å². The summed E-state index contributed by atoms with van der Waals surface area (Å²) in [5.74, 6) is -0.643. The van der Waals surface area contributed by atoms with Crippen LogP contribution in [0.15, 0.2) is 12.1 Å². The molecule has 0 unspecified atom stereocenters. The number of ether oxygens (including phenoxy) is 3. The number of methoxy groups -OCH3 is 2. The van der Waals surface area contributed by atoms with Gasteiger partial charge >= 0.3 is 5.97 Å². The van der Waals surface area contributed by atoms with Gasteiger partial charge < -0.3 is 19.5 Å². The van der Waals surface area contributed by atoms with Crippen molar-refractivity contribution in [3.05, 3.63) is 17.2 Å². The minimum Gasteiger partial charge on any atom is -0.495 e. The summed E-state index contributed by atoms with van der Waals surface area (Å²) in [7, 11) is -0.177. The van der Waals surface area contributed by atoms with Gasteiger partial charge in [0.2, 0.25) is 0 Å². The Hall–Kier alpha value is -2.00. The fourth-order valence-electron chi connectivity index (χ4n) is 2.62. The molecular weight excluding hydrogens is 386 g/mol. The Morgan fingerprint density at radius 3 is 2.50 bits per heavy atom. The van der Waals surface area contributed by atoms with E-state index in [9.17, 15) is 18.0 Å². The Balaban J connectivity index is 1.87. The van der Waals surface area contributed by atoms with Gasteiger partial charge in [0.15, 0.2) is 16.4 Å². The first kappa shape index (κ1) is 20.3. The molecule has 0 radical (unpaired) electrons. The molecule has 1 N–H and O–H groups in total.